The zero-order valence-electron chi connectivity index (χ0n) is 9.57. The van der Waals surface area contributed by atoms with Crippen LogP contribution in [-0.4, -0.2) is 15.8 Å². The van der Waals surface area contributed by atoms with Crippen molar-refractivity contribution in [3.63, 3.8) is 0 Å². The Hall–Kier alpha value is -0.930. The summed E-state index contributed by atoms with van der Waals surface area (Å²) in [5.41, 5.74) is -0.599. The van der Waals surface area contributed by atoms with Gasteiger partial charge in [0.25, 0.3) is 0 Å². The normalized spacial score (nSPS) is 23.6. The van der Waals surface area contributed by atoms with E-state index in [2.05, 4.69) is 0 Å². The molecule has 1 aliphatic carbocycles. The summed E-state index contributed by atoms with van der Waals surface area (Å²) >= 11 is 0. The van der Waals surface area contributed by atoms with E-state index < -0.39 is 17.5 Å². The molecule has 0 spiro atoms. The zero-order valence-corrected chi connectivity index (χ0v) is 9.57. The summed E-state index contributed by atoms with van der Waals surface area (Å²) in [5.74, 6) is -0.390. The maximum atomic E-state index is 13.0. The number of halogens is 1. The van der Waals surface area contributed by atoms with Crippen LogP contribution in [0.3, 0.4) is 0 Å². The van der Waals surface area contributed by atoms with Crippen LogP contribution >= 0.6 is 0 Å². The van der Waals surface area contributed by atoms with Gasteiger partial charge in [-0.15, -0.1) is 0 Å². The van der Waals surface area contributed by atoms with Crippen LogP contribution in [0.4, 0.5) is 4.39 Å². The van der Waals surface area contributed by atoms with E-state index in [4.69, 9.17) is 0 Å². The molecule has 1 aliphatic rings. The van der Waals surface area contributed by atoms with E-state index in [-0.39, 0.29) is 5.41 Å². The quantitative estimate of drug-likeness (QED) is 0.810. The highest BCUT2D eigenvalue weighted by Gasteiger charge is 2.52. The van der Waals surface area contributed by atoms with Gasteiger partial charge < -0.3 is 10.2 Å². The van der Waals surface area contributed by atoms with Crippen LogP contribution in [0.25, 0.3) is 0 Å². The Morgan fingerprint density at radius 3 is 2.44 bits per heavy atom. The van der Waals surface area contributed by atoms with Crippen molar-refractivity contribution in [3.8, 4) is 0 Å². The van der Waals surface area contributed by atoms with Crippen molar-refractivity contribution in [3.05, 3.63) is 35.6 Å². The molecule has 2 nitrogen and oxygen atoms in total. The van der Waals surface area contributed by atoms with Crippen molar-refractivity contribution in [1.82, 2.24) is 0 Å². The Morgan fingerprint density at radius 1 is 1.31 bits per heavy atom. The van der Waals surface area contributed by atoms with Gasteiger partial charge in [0.1, 0.15) is 11.9 Å². The predicted octanol–water partition coefficient (Wildman–Crippen LogP) is 2.41. The van der Waals surface area contributed by atoms with Gasteiger partial charge in [-0.3, -0.25) is 0 Å². The minimum absolute atomic E-state index is 0.0586. The largest absolute Gasteiger partial charge is 0.387 e. The molecule has 2 N–H and O–H groups in total. The Bertz CT molecular complexity index is 393. The summed E-state index contributed by atoms with van der Waals surface area (Å²) in [6, 6.07) is 5.77. The SMILES string of the molecule is CC1(C)CC(O)([C@H](O)c2cccc(F)c2)C1. The van der Waals surface area contributed by atoms with Crippen LogP contribution in [0.2, 0.25) is 0 Å². The van der Waals surface area contributed by atoms with Crippen molar-refractivity contribution in [2.24, 2.45) is 5.41 Å². The van der Waals surface area contributed by atoms with Crippen LogP contribution in [-0.2, 0) is 0 Å². The van der Waals surface area contributed by atoms with Crippen LogP contribution in [0.15, 0.2) is 24.3 Å². The lowest BCUT2D eigenvalue weighted by atomic mass is 9.58. The molecule has 0 radical (unpaired) electrons. The molecular formula is C13H17FO2. The minimum Gasteiger partial charge on any atom is -0.387 e. The molecule has 2 rings (SSSR count). The van der Waals surface area contributed by atoms with Gasteiger partial charge in [0, 0.05) is 0 Å². The minimum atomic E-state index is -1.10. The van der Waals surface area contributed by atoms with Crippen molar-refractivity contribution in [2.45, 2.75) is 38.4 Å². The number of hydrogen-bond acceptors (Lipinski definition) is 2. The Labute approximate surface area is 94.7 Å². The monoisotopic (exact) mass is 224 g/mol. The number of aliphatic hydroxyl groups is 2. The van der Waals surface area contributed by atoms with Crippen molar-refractivity contribution >= 4 is 0 Å². The van der Waals surface area contributed by atoms with E-state index in [1.54, 1.807) is 12.1 Å². The van der Waals surface area contributed by atoms with Gasteiger partial charge in [-0.25, -0.2) is 4.39 Å². The van der Waals surface area contributed by atoms with Gasteiger partial charge in [0.15, 0.2) is 0 Å². The fourth-order valence-electron chi connectivity index (χ4n) is 2.79. The van der Waals surface area contributed by atoms with Crippen LogP contribution < -0.4 is 0 Å². The Balaban J connectivity index is 2.17. The Kier molecular flexibility index (Phi) is 2.55. The van der Waals surface area contributed by atoms with Gasteiger partial charge in [-0.2, -0.15) is 0 Å². The Morgan fingerprint density at radius 2 is 1.94 bits per heavy atom. The van der Waals surface area contributed by atoms with Gasteiger partial charge >= 0.3 is 0 Å². The van der Waals surface area contributed by atoms with Gasteiger partial charge in [0.2, 0.25) is 0 Å². The molecule has 0 heterocycles. The second kappa shape index (κ2) is 3.54. The van der Waals surface area contributed by atoms with Crippen molar-refractivity contribution < 1.29 is 14.6 Å². The third-order valence-electron chi connectivity index (χ3n) is 3.24. The maximum absolute atomic E-state index is 13.0. The number of rotatable bonds is 2. The average molecular weight is 224 g/mol. The first-order chi connectivity index (χ1) is 7.32. The first-order valence-electron chi connectivity index (χ1n) is 5.48. The summed E-state index contributed by atoms with van der Waals surface area (Å²) in [4.78, 5) is 0. The van der Waals surface area contributed by atoms with Gasteiger partial charge in [0.05, 0.1) is 5.60 Å². The number of hydrogen-bond donors (Lipinski definition) is 2. The van der Waals surface area contributed by atoms with Gasteiger partial charge in [-0.05, 0) is 36.0 Å². The second-order valence-electron chi connectivity index (χ2n) is 5.58. The van der Waals surface area contributed by atoms with Gasteiger partial charge in [-0.1, -0.05) is 26.0 Å². The van der Waals surface area contributed by atoms with Crippen LogP contribution in [0.5, 0.6) is 0 Å². The summed E-state index contributed by atoms with van der Waals surface area (Å²) < 4.78 is 13.0. The highest BCUT2D eigenvalue weighted by Crippen LogP contribution is 2.53. The smallest absolute Gasteiger partial charge is 0.123 e. The molecule has 1 atom stereocenters. The zero-order chi connectivity index (χ0) is 12.0. The van der Waals surface area contributed by atoms with E-state index in [9.17, 15) is 14.6 Å². The first kappa shape index (κ1) is 11.6. The molecule has 1 saturated carbocycles. The standard InChI is InChI=1S/C13H17FO2/c1-12(2)7-13(16,8-12)11(15)9-4-3-5-10(14)6-9/h3-6,11,15-16H,7-8H2,1-2H3/t11-/m1/s1. The number of benzene rings is 1. The molecule has 16 heavy (non-hydrogen) atoms. The molecule has 1 aromatic rings. The van der Waals surface area contributed by atoms with Crippen molar-refractivity contribution in [2.75, 3.05) is 0 Å². The highest BCUT2D eigenvalue weighted by molar-refractivity contribution is 5.23. The third-order valence-corrected chi connectivity index (χ3v) is 3.24. The first-order valence-corrected chi connectivity index (χ1v) is 5.48. The van der Waals surface area contributed by atoms with E-state index in [1.165, 1.54) is 12.1 Å². The summed E-state index contributed by atoms with van der Waals surface area (Å²) in [7, 11) is 0. The lowest BCUT2D eigenvalue weighted by Crippen LogP contribution is -2.53. The lowest BCUT2D eigenvalue weighted by molar-refractivity contribution is -0.181. The molecular weight excluding hydrogens is 207 g/mol. The van der Waals surface area contributed by atoms with Crippen LogP contribution in [0, 0.1) is 11.2 Å². The molecule has 0 aliphatic heterocycles. The van der Waals surface area contributed by atoms with E-state index in [0.29, 0.717) is 18.4 Å². The predicted molar refractivity (Wildman–Crippen MR) is 59.3 cm³/mol. The fourth-order valence-corrected chi connectivity index (χ4v) is 2.79. The molecule has 3 heteroatoms. The fraction of sp³-hybridized carbons (Fsp3) is 0.538. The second-order valence-corrected chi connectivity index (χ2v) is 5.58. The molecule has 0 amide bonds. The van der Waals surface area contributed by atoms with E-state index in [0.717, 1.165) is 0 Å². The summed E-state index contributed by atoms with van der Waals surface area (Å²) in [6.45, 7) is 4.08. The molecule has 1 fully saturated rings. The lowest BCUT2D eigenvalue weighted by Gasteiger charge is -2.52. The topological polar surface area (TPSA) is 40.5 Å². The van der Waals surface area contributed by atoms with E-state index >= 15 is 0 Å². The summed E-state index contributed by atoms with van der Waals surface area (Å²) in [6.07, 6.45) is 0.0752. The molecule has 1 aromatic carbocycles. The van der Waals surface area contributed by atoms with E-state index in [1.807, 2.05) is 13.8 Å². The molecule has 0 aromatic heterocycles. The van der Waals surface area contributed by atoms with Crippen LogP contribution in [0.1, 0.15) is 38.4 Å². The molecule has 0 unspecified atom stereocenters. The average Bonchev–Trinajstić information content (AvgIpc) is 2.13. The third kappa shape index (κ3) is 1.97. The molecule has 0 saturated heterocycles. The highest BCUT2D eigenvalue weighted by atomic mass is 19.1. The molecule has 88 valence electrons. The summed E-state index contributed by atoms with van der Waals surface area (Å²) in [5, 5.41) is 20.2. The van der Waals surface area contributed by atoms with Crippen molar-refractivity contribution in [1.29, 1.82) is 0 Å². The maximum Gasteiger partial charge on any atom is 0.123 e. The number of aliphatic hydroxyl groups excluding tert-OH is 1. The molecule has 0 bridgehead atoms.